The lowest BCUT2D eigenvalue weighted by Crippen LogP contribution is -2.46. The Morgan fingerprint density at radius 3 is 2.92 bits per heavy atom. The fourth-order valence-corrected chi connectivity index (χ4v) is 3.67. The van der Waals surface area contributed by atoms with Crippen molar-refractivity contribution in [2.75, 3.05) is 32.8 Å². The molecule has 3 aliphatic rings. The Balaban J connectivity index is 1.19. The zero-order valence-electron chi connectivity index (χ0n) is 14.7. The lowest BCUT2D eigenvalue weighted by Gasteiger charge is -2.27. The highest BCUT2D eigenvalue weighted by Gasteiger charge is 2.38. The summed E-state index contributed by atoms with van der Waals surface area (Å²) in [6, 6.07) is 2.61. The lowest BCUT2D eigenvalue weighted by atomic mass is 10.1. The van der Waals surface area contributed by atoms with Crippen molar-refractivity contribution >= 4 is 6.09 Å². The molecule has 6 nitrogen and oxygen atoms in total. The van der Waals surface area contributed by atoms with Crippen molar-refractivity contribution in [1.29, 1.82) is 0 Å². The van der Waals surface area contributed by atoms with Crippen LogP contribution in [0.25, 0.3) is 0 Å². The Morgan fingerprint density at radius 1 is 1.32 bits per heavy atom. The first-order valence-corrected chi connectivity index (χ1v) is 9.52. The average Bonchev–Trinajstić information content (AvgIpc) is 3.14. The van der Waals surface area contributed by atoms with Crippen molar-refractivity contribution < 1.29 is 14.3 Å². The predicted octanol–water partition coefficient (Wildman–Crippen LogP) is 2.55. The summed E-state index contributed by atoms with van der Waals surface area (Å²) in [6.07, 6.45) is 9.05. The summed E-state index contributed by atoms with van der Waals surface area (Å²) in [7, 11) is 0. The Bertz CT molecular complexity index is 599. The number of rotatable bonds is 7. The largest absolute Gasteiger partial charge is 0.490 e. The first-order chi connectivity index (χ1) is 12.3. The number of ether oxygens (including phenoxy) is 2. The van der Waals surface area contributed by atoms with E-state index in [9.17, 15) is 4.79 Å². The molecule has 0 radical (unpaired) electrons. The molecule has 1 aliphatic carbocycles. The number of aromatic nitrogens is 1. The SMILES string of the molecule is O=C(OCC[C@H]1C[C@@H]1c1cncc(OC[C@@H]2CCN2)c1)N1CCCC1. The highest BCUT2D eigenvalue weighted by atomic mass is 16.6. The lowest BCUT2D eigenvalue weighted by molar-refractivity contribution is 0.108. The molecule has 1 aromatic heterocycles. The van der Waals surface area contributed by atoms with Crippen molar-refractivity contribution in [1.82, 2.24) is 15.2 Å². The molecule has 1 amide bonds. The molecular weight excluding hydrogens is 318 g/mol. The van der Waals surface area contributed by atoms with Gasteiger partial charge in [-0.15, -0.1) is 0 Å². The van der Waals surface area contributed by atoms with Gasteiger partial charge in [0.1, 0.15) is 12.4 Å². The molecule has 0 aromatic carbocycles. The van der Waals surface area contributed by atoms with Crippen LogP contribution in [0.4, 0.5) is 4.79 Å². The second kappa shape index (κ2) is 7.60. The molecule has 25 heavy (non-hydrogen) atoms. The van der Waals surface area contributed by atoms with Crippen molar-refractivity contribution in [3.8, 4) is 5.75 Å². The monoisotopic (exact) mass is 345 g/mol. The molecule has 3 fully saturated rings. The van der Waals surface area contributed by atoms with E-state index in [0.29, 0.717) is 31.1 Å². The summed E-state index contributed by atoms with van der Waals surface area (Å²) >= 11 is 0. The second-order valence-electron chi connectivity index (χ2n) is 7.40. The van der Waals surface area contributed by atoms with Crippen LogP contribution in [0.15, 0.2) is 18.5 Å². The van der Waals surface area contributed by atoms with Crippen molar-refractivity contribution in [2.45, 2.75) is 44.1 Å². The molecule has 3 atom stereocenters. The summed E-state index contributed by atoms with van der Waals surface area (Å²) < 4.78 is 11.2. The van der Waals surface area contributed by atoms with E-state index in [1.807, 2.05) is 11.1 Å². The molecule has 4 rings (SSSR count). The molecule has 1 N–H and O–H groups in total. The Hall–Kier alpha value is -1.82. The van der Waals surface area contributed by atoms with E-state index in [4.69, 9.17) is 9.47 Å². The number of nitrogens with zero attached hydrogens (tertiary/aromatic N) is 2. The zero-order valence-corrected chi connectivity index (χ0v) is 14.7. The maximum Gasteiger partial charge on any atom is 0.409 e. The second-order valence-corrected chi connectivity index (χ2v) is 7.40. The van der Waals surface area contributed by atoms with E-state index >= 15 is 0 Å². The van der Waals surface area contributed by atoms with E-state index in [0.717, 1.165) is 51.1 Å². The standard InChI is InChI=1S/C19H27N3O3/c23-19(22-6-1-2-7-22)24-8-4-14-10-18(14)15-9-17(12-20-11-15)25-13-16-3-5-21-16/h9,11-12,14,16,18,21H,1-8,10,13H2/t14-,16-,18-/m0/s1. The number of pyridine rings is 1. The summed E-state index contributed by atoms with van der Waals surface area (Å²) in [5.74, 6) is 1.98. The van der Waals surface area contributed by atoms with Crippen molar-refractivity contribution in [3.63, 3.8) is 0 Å². The van der Waals surface area contributed by atoms with Gasteiger partial charge in [0, 0.05) is 25.3 Å². The van der Waals surface area contributed by atoms with E-state index in [-0.39, 0.29) is 6.09 Å². The van der Waals surface area contributed by atoms with Gasteiger partial charge in [-0.1, -0.05) is 0 Å². The number of hydrogen-bond donors (Lipinski definition) is 1. The average molecular weight is 345 g/mol. The molecular formula is C19H27N3O3. The first kappa shape index (κ1) is 16.6. The molecule has 2 aliphatic heterocycles. The number of hydrogen-bond acceptors (Lipinski definition) is 5. The minimum absolute atomic E-state index is 0.142. The maximum absolute atomic E-state index is 11.9. The van der Waals surface area contributed by atoms with Gasteiger partial charge in [-0.05, 0) is 62.1 Å². The Morgan fingerprint density at radius 2 is 2.16 bits per heavy atom. The minimum atomic E-state index is -0.142. The summed E-state index contributed by atoms with van der Waals surface area (Å²) in [5.41, 5.74) is 1.25. The molecule has 0 bridgehead atoms. The molecule has 3 heterocycles. The summed E-state index contributed by atoms with van der Waals surface area (Å²) in [6.45, 7) is 4.02. The van der Waals surface area contributed by atoms with Crippen LogP contribution in [0, 0.1) is 5.92 Å². The fourth-order valence-electron chi connectivity index (χ4n) is 3.67. The van der Waals surface area contributed by atoms with Crippen molar-refractivity contribution in [2.24, 2.45) is 5.92 Å². The number of likely N-dealkylation sites (tertiary alicyclic amines) is 1. The van der Waals surface area contributed by atoms with Crippen LogP contribution in [0.1, 0.15) is 43.6 Å². The first-order valence-electron chi connectivity index (χ1n) is 9.52. The van der Waals surface area contributed by atoms with Crippen LogP contribution in [0.2, 0.25) is 0 Å². The van der Waals surface area contributed by atoms with Crippen LogP contribution >= 0.6 is 0 Å². The number of amides is 1. The van der Waals surface area contributed by atoms with Crippen LogP contribution in [0.3, 0.4) is 0 Å². The smallest absolute Gasteiger partial charge is 0.409 e. The number of nitrogens with one attached hydrogen (secondary N) is 1. The van der Waals surface area contributed by atoms with Crippen LogP contribution < -0.4 is 10.1 Å². The van der Waals surface area contributed by atoms with Gasteiger partial charge in [0.15, 0.2) is 0 Å². The van der Waals surface area contributed by atoms with Gasteiger partial charge >= 0.3 is 6.09 Å². The molecule has 6 heteroatoms. The Kier molecular flexibility index (Phi) is 5.06. The third-order valence-electron chi connectivity index (χ3n) is 5.54. The molecule has 2 saturated heterocycles. The predicted molar refractivity (Wildman–Crippen MR) is 93.8 cm³/mol. The van der Waals surface area contributed by atoms with Crippen molar-refractivity contribution in [3.05, 3.63) is 24.0 Å². The van der Waals surface area contributed by atoms with E-state index in [1.54, 1.807) is 6.20 Å². The van der Waals surface area contributed by atoms with Gasteiger partial charge in [0.05, 0.1) is 12.8 Å². The van der Waals surface area contributed by atoms with Gasteiger partial charge in [0.2, 0.25) is 0 Å². The Labute approximate surface area is 148 Å². The molecule has 0 unspecified atom stereocenters. The number of carbonyl (C=O) groups excluding carboxylic acids is 1. The van der Waals surface area contributed by atoms with E-state index < -0.39 is 0 Å². The summed E-state index contributed by atoms with van der Waals surface area (Å²) in [5, 5.41) is 3.33. The fraction of sp³-hybridized carbons (Fsp3) is 0.684. The van der Waals surface area contributed by atoms with Gasteiger partial charge in [-0.2, -0.15) is 0 Å². The minimum Gasteiger partial charge on any atom is -0.490 e. The van der Waals surface area contributed by atoms with Gasteiger partial charge in [-0.25, -0.2) is 4.79 Å². The number of carbonyl (C=O) groups is 1. The van der Waals surface area contributed by atoms with Crippen LogP contribution in [0.5, 0.6) is 5.75 Å². The molecule has 136 valence electrons. The topological polar surface area (TPSA) is 63.7 Å². The van der Waals surface area contributed by atoms with Crippen LogP contribution in [-0.4, -0.2) is 54.9 Å². The third-order valence-corrected chi connectivity index (χ3v) is 5.54. The molecule has 1 saturated carbocycles. The van der Waals surface area contributed by atoms with E-state index in [1.165, 1.54) is 12.0 Å². The highest BCUT2D eigenvalue weighted by Crippen LogP contribution is 2.49. The van der Waals surface area contributed by atoms with E-state index in [2.05, 4.69) is 16.4 Å². The zero-order chi connectivity index (χ0) is 17.1. The molecule has 0 spiro atoms. The third kappa shape index (κ3) is 4.24. The van der Waals surface area contributed by atoms with Gasteiger partial charge in [-0.3, -0.25) is 4.98 Å². The summed E-state index contributed by atoms with van der Waals surface area (Å²) in [4.78, 5) is 18.0. The normalized spacial score (nSPS) is 27.7. The van der Waals surface area contributed by atoms with Gasteiger partial charge in [0.25, 0.3) is 0 Å². The van der Waals surface area contributed by atoms with Gasteiger partial charge < -0.3 is 19.7 Å². The van der Waals surface area contributed by atoms with Crippen LogP contribution in [-0.2, 0) is 4.74 Å². The highest BCUT2D eigenvalue weighted by molar-refractivity contribution is 5.67. The quantitative estimate of drug-likeness (QED) is 0.823. The maximum atomic E-state index is 11.9. The molecule has 1 aromatic rings.